The van der Waals surface area contributed by atoms with Gasteiger partial charge in [-0.15, -0.1) is 11.6 Å². The first-order valence-electron chi connectivity index (χ1n) is 9.54. The molecule has 2 amide bonds. The summed E-state index contributed by atoms with van der Waals surface area (Å²) in [6.45, 7) is 0.564. The molecule has 2 N–H and O–H groups in total. The zero-order chi connectivity index (χ0) is 18.5. The predicted molar refractivity (Wildman–Crippen MR) is 101 cm³/mol. The average molecular weight is 379 g/mol. The van der Waals surface area contributed by atoms with Crippen molar-refractivity contribution in [3.63, 3.8) is 0 Å². The third kappa shape index (κ3) is 4.38. The Morgan fingerprint density at radius 1 is 1.12 bits per heavy atom. The van der Waals surface area contributed by atoms with Crippen LogP contribution in [0, 0.1) is 0 Å². The maximum atomic E-state index is 12.8. The van der Waals surface area contributed by atoms with E-state index in [1.807, 2.05) is 12.1 Å². The number of carbonyl (C=O) groups is 2. The van der Waals surface area contributed by atoms with E-state index in [-0.39, 0.29) is 17.9 Å². The van der Waals surface area contributed by atoms with E-state index in [9.17, 15) is 14.7 Å². The minimum Gasteiger partial charge on any atom is -0.381 e. The van der Waals surface area contributed by atoms with E-state index in [0.29, 0.717) is 24.4 Å². The number of carbonyl (C=O) groups excluding carboxylic acids is 2. The van der Waals surface area contributed by atoms with Gasteiger partial charge in [-0.3, -0.25) is 9.59 Å². The Hall–Kier alpha value is -1.59. The Bertz CT molecular complexity index is 628. The van der Waals surface area contributed by atoms with Crippen LogP contribution < -0.4 is 5.32 Å². The van der Waals surface area contributed by atoms with E-state index in [2.05, 4.69) is 5.32 Å². The molecule has 0 spiro atoms. The van der Waals surface area contributed by atoms with Crippen molar-refractivity contribution in [1.29, 1.82) is 0 Å². The number of aliphatic hydroxyl groups is 1. The largest absolute Gasteiger partial charge is 0.381 e. The van der Waals surface area contributed by atoms with Gasteiger partial charge in [0.05, 0.1) is 6.04 Å². The van der Waals surface area contributed by atoms with Crippen LogP contribution in [0.15, 0.2) is 24.3 Å². The summed E-state index contributed by atoms with van der Waals surface area (Å²) in [6.07, 6.45) is 5.65. The first-order valence-corrected chi connectivity index (χ1v) is 10.1. The lowest BCUT2D eigenvalue weighted by atomic mass is 9.95. The Morgan fingerprint density at radius 3 is 2.46 bits per heavy atom. The van der Waals surface area contributed by atoms with Crippen LogP contribution in [0.25, 0.3) is 0 Å². The molecule has 1 aliphatic heterocycles. The monoisotopic (exact) mass is 378 g/mol. The summed E-state index contributed by atoms with van der Waals surface area (Å²) in [5, 5.41) is 13.5. The highest BCUT2D eigenvalue weighted by Crippen LogP contribution is 2.24. The molecule has 1 aliphatic carbocycles. The summed E-state index contributed by atoms with van der Waals surface area (Å²) in [4.78, 5) is 26.9. The molecule has 3 rings (SSSR count). The molecule has 142 valence electrons. The van der Waals surface area contributed by atoms with Gasteiger partial charge in [-0.1, -0.05) is 31.4 Å². The van der Waals surface area contributed by atoms with Crippen molar-refractivity contribution in [2.75, 3.05) is 6.54 Å². The summed E-state index contributed by atoms with van der Waals surface area (Å²) in [5.41, 5.74) is 1.51. The maximum absolute atomic E-state index is 12.8. The molecule has 2 aliphatic rings. The van der Waals surface area contributed by atoms with Gasteiger partial charge in [0.15, 0.2) is 6.10 Å². The molecular weight excluding hydrogens is 352 g/mol. The van der Waals surface area contributed by atoms with Gasteiger partial charge in [0.25, 0.3) is 11.8 Å². The van der Waals surface area contributed by atoms with E-state index in [1.165, 1.54) is 6.42 Å². The van der Waals surface area contributed by atoms with Crippen LogP contribution >= 0.6 is 11.6 Å². The first-order chi connectivity index (χ1) is 12.6. The third-order valence-corrected chi connectivity index (χ3v) is 5.81. The fourth-order valence-corrected chi connectivity index (χ4v) is 4.16. The van der Waals surface area contributed by atoms with Gasteiger partial charge < -0.3 is 15.3 Å². The maximum Gasteiger partial charge on any atom is 0.254 e. The van der Waals surface area contributed by atoms with Crippen molar-refractivity contribution in [3.8, 4) is 0 Å². The van der Waals surface area contributed by atoms with Gasteiger partial charge in [-0.2, -0.15) is 0 Å². The highest BCUT2D eigenvalue weighted by molar-refractivity contribution is 6.17. The van der Waals surface area contributed by atoms with Crippen molar-refractivity contribution in [2.45, 2.75) is 69.0 Å². The Labute approximate surface area is 159 Å². The van der Waals surface area contributed by atoms with Gasteiger partial charge in [0.2, 0.25) is 0 Å². The quantitative estimate of drug-likeness (QED) is 0.774. The summed E-state index contributed by atoms with van der Waals surface area (Å²) < 4.78 is 0. The summed E-state index contributed by atoms with van der Waals surface area (Å²) in [7, 11) is 0. The van der Waals surface area contributed by atoms with Crippen LogP contribution in [0.4, 0.5) is 0 Å². The van der Waals surface area contributed by atoms with Crippen molar-refractivity contribution in [3.05, 3.63) is 35.4 Å². The molecule has 1 saturated carbocycles. The molecule has 1 aromatic rings. The average Bonchev–Trinajstić information content (AvgIpc) is 3.17. The van der Waals surface area contributed by atoms with E-state index in [4.69, 9.17) is 11.6 Å². The third-order valence-electron chi connectivity index (χ3n) is 5.50. The van der Waals surface area contributed by atoms with Crippen LogP contribution in [0.2, 0.25) is 0 Å². The highest BCUT2D eigenvalue weighted by atomic mass is 35.5. The number of hydrogen-bond donors (Lipinski definition) is 2. The van der Waals surface area contributed by atoms with Crippen LogP contribution in [0.3, 0.4) is 0 Å². The highest BCUT2D eigenvalue weighted by Gasteiger charge is 2.38. The minimum absolute atomic E-state index is 0.141. The standard InChI is InChI=1S/C20H27ClN2O3/c21-13-14-8-10-15(11-9-14)20(26)23-12-4-7-17(23)18(24)19(25)22-16-5-2-1-3-6-16/h8-11,16-18,24H,1-7,12-13H2,(H,22,25). The topological polar surface area (TPSA) is 69.6 Å². The van der Waals surface area contributed by atoms with Crippen LogP contribution in [0.1, 0.15) is 60.9 Å². The molecule has 1 saturated heterocycles. The van der Waals surface area contributed by atoms with E-state index >= 15 is 0 Å². The van der Waals surface area contributed by atoms with Gasteiger partial charge in [0, 0.05) is 24.0 Å². The smallest absolute Gasteiger partial charge is 0.254 e. The molecule has 1 heterocycles. The summed E-state index contributed by atoms with van der Waals surface area (Å²) in [5.74, 6) is -0.0850. The Balaban J connectivity index is 1.64. The minimum atomic E-state index is -1.18. The van der Waals surface area contributed by atoms with Gasteiger partial charge in [-0.25, -0.2) is 0 Å². The molecule has 0 bridgehead atoms. The lowest BCUT2D eigenvalue weighted by Crippen LogP contribution is -2.52. The molecule has 2 unspecified atom stereocenters. The number of nitrogens with one attached hydrogen (secondary N) is 1. The fourth-order valence-electron chi connectivity index (χ4n) is 3.98. The molecule has 2 fully saturated rings. The first kappa shape index (κ1) is 19.2. The van der Waals surface area contributed by atoms with E-state index < -0.39 is 12.1 Å². The van der Waals surface area contributed by atoms with Crippen LogP contribution in [-0.4, -0.2) is 46.6 Å². The van der Waals surface area contributed by atoms with Crippen LogP contribution in [-0.2, 0) is 10.7 Å². The van der Waals surface area contributed by atoms with Crippen molar-refractivity contribution >= 4 is 23.4 Å². The number of amides is 2. The van der Waals surface area contributed by atoms with Crippen molar-refractivity contribution < 1.29 is 14.7 Å². The van der Waals surface area contributed by atoms with Crippen molar-refractivity contribution in [2.24, 2.45) is 0 Å². The molecule has 26 heavy (non-hydrogen) atoms. The van der Waals surface area contributed by atoms with Crippen LogP contribution in [0.5, 0.6) is 0 Å². The Morgan fingerprint density at radius 2 is 1.81 bits per heavy atom. The number of aliphatic hydroxyl groups excluding tert-OH is 1. The molecule has 6 heteroatoms. The normalized spacial score (nSPS) is 22.2. The lowest BCUT2D eigenvalue weighted by Gasteiger charge is -2.30. The number of hydrogen-bond acceptors (Lipinski definition) is 3. The SMILES string of the molecule is O=C(NC1CCCCC1)C(O)C1CCCN1C(=O)c1ccc(CCl)cc1. The Kier molecular flexibility index (Phi) is 6.54. The molecule has 5 nitrogen and oxygen atoms in total. The molecule has 1 aromatic carbocycles. The number of benzene rings is 1. The summed E-state index contributed by atoms with van der Waals surface area (Å²) in [6, 6.07) is 6.86. The van der Waals surface area contributed by atoms with Gasteiger partial charge in [0.1, 0.15) is 0 Å². The number of nitrogens with zero attached hydrogens (tertiary/aromatic N) is 1. The summed E-state index contributed by atoms with van der Waals surface area (Å²) >= 11 is 5.79. The van der Waals surface area contributed by atoms with E-state index in [0.717, 1.165) is 37.7 Å². The fraction of sp³-hybridized carbons (Fsp3) is 0.600. The van der Waals surface area contributed by atoms with Gasteiger partial charge >= 0.3 is 0 Å². The molecular formula is C20H27ClN2O3. The zero-order valence-corrected chi connectivity index (χ0v) is 15.8. The number of likely N-dealkylation sites (tertiary alicyclic amines) is 1. The number of rotatable bonds is 5. The molecule has 0 radical (unpaired) electrons. The van der Waals surface area contributed by atoms with Gasteiger partial charge in [-0.05, 0) is 43.4 Å². The lowest BCUT2D eigenvalue weighted by molar-refractivity contribution is -0.132. The number of halogens is 1. The zero-order valence-electron chi connectivity index (χ0n) is 15.0. The van der Waals surface area contributed by atoms with E-state index in [1.54, 1.807) is 17.0 Å². The second kappa shape index (κ2) is 8.87. The molecule has 2 atom stereocenters. The predicted octanol–water partition coefficient (Wildman–Crippen LogP) is 2.84. The molecule has 0 aromatic heterocycles. The second-order valence-electron chi connectivity index (χ2n) is 7.33. The van der Waals surface area contributed by atoms with Crippen molar-refractivity contribution in [1.82, 2.24) is 10.2 Å². The second-order valence-corrected chi connectivity index (χ2v) is 7.59. The number of alkyl halides is 1.